The number of rotatable bonds is 3. The smallest absolute Gasteiger partial charge is 0.324 e. The summed E-state index contributed by atoms with van der Waals surface area (Å²) < 4.78 is 0. The average molecular weight is 252 g/mol. The van der Waals surface area contributed by atoms with Crippen LogP contribution in [0.15, 0.2) is 24.3 Å². The van der Waals surface area contributed by atoms with E-state index in [1.54, 1.807) is 6.07 Å². The Labute approximate surface area is 99.8 Å². The topological polar surface area (TPSA) is 69.2 Å². The number of hydrogen-bond donors (Lipinski definition) is 1. The van der Waals surface area contributed by atoms with Gasteiger partial charge in [-0.25, -0.2) is 0 Å². The van der Waals surface area contributed by atoms with Crippen LogP contribution in [-0.2, 0) is 0 Å². The molecular formula is C10H8N2O2S2. The molecular weight excluding hydrogens is 244 g/mol. The molecule has 0 spiro atoms. The van der Waals surface area contributed by atoms with Gasteiger partial charge in [-0.1, -0.05) is 11.3 Å². The second-order valence-electron chi connectivity index (χ2n) is 3.01. The zero-order valence-electron chi connectivity index (χ0n) is 8.12. The SMILES string of the molecule is Nc1ccc(/C=C/c2ccc([N+](=O)[O-])s2)s1. The van der Waals surface area contributed by atoms with E-state index in [4.69, 9.17) is 5.73 Å². The van der Waals surface area contributed by atoms with E-state index in [-0.39, 0.29) is 9.92 Å². The first-order valence-corrected chi connectivity index (χ1v) is 6.06. The molecule has 0 aromatic carbocycles. The molecule has 4 nitrogen and oxygen atoms in total. The third-order valence-electron chi connectivity index (χ3n) is 1.85. The molecule has 2 rings (SSSR count). The van der Waals surface area contributed by atoms with Crippen LogP contribution in [0.3, 0.4) is 0 Å². The molecule has 0 aliphatic heterocycles. The second-order valence-corrected chi connectivity index (χ2v) is 5.25. The molecule has 0 saturated carbocycles. The van der Waals surface area contributed by atoms with Crippen molar-refractivity contribution in [2.75, 3.05) is 5.73 Å². The normalized spacial score (nSPS) is 11.0. The van der Waals surface area contributed by atoms with Crippen molar-refractivity contribution in [3.63, 3.8) is 0 Å². The van der Waals surface area contributed by atoms with Crippen LogP contribution in [0, 0.1) is 10.1 Å². The van der Waals surface area contributed by atoms with Crippen LogP contribution < -0.4 is 5.73 Å². The summed E-state index contributed by atoms with van der Waals surface area (Å²) in [6.45, 7) is 0. The van der Waals surface area contributed by atoms with Crippen molar-refractivity contribution in [1.82, 2.24) is 0 Å². The van der Waals surface area contributed by atoms with Crippen molar-refractivity contribution in [2.24, 2.45) is 0 Å². The van der Waals surface area contributed by atoms with Gasteiger partial charge in [-0.05, 0) is 30.4 Å². The zero-order chi connectivity index (χ0) is 11.5. The molecule has 0 aliphatic carbocycles. The molecule has 0 atom stereocenters. The Bertz CT molecular complexity index is 543. The molecule has 2 aromatic rings. The third kappa shape index (κ3) is 2.47. The van der Waals surface area contributed by atoms with Crippen LogP contribution in [0.25, 0.3) is 12.2 Å². The minimum Gasteiger partial charge on any atom is -0.391 e. The van der Waals surface area contributed by atoms with E-state index < -0.39 is 0 Å². The highest BCUT2D eigenvalue weighted by Gasteiger charge is 2.07. The fourth-order valence-corrected chi connectivity index (χ4v) is 2.56. The van der Waals surface area contributed by atoms with E-state index in [0.717, 1.165) is 26.1 Å². The lowest BCUT2D eigenvalue weighted by Crippen LogP contribution is -1.80. The molecule has 0 radical (unpaired) electrons. The molecule has 0 unspecified atom stereocenters. The lowest BCUT2D eigenvalue weighted by molar-refractivity contribution is -0.380. The highest BCUT2D eigenvalue weighted by Crippen LogP contribution is 2.26. The first kappa shape index (κ1) is 10.8. The van der Waals surface area contributed by atoms with Crippen molar-refractivity contribution in [3.8, 4) is 0 Å². The molecule has 82 valence electrons. The first-order valence-electron chi connectivity index (χ1n) is 4.43. The summed E-state index contributed by atoms with van der Waals surface area (Å²) in [6.07, 6.45) is 3.75. The maximum Gasteiger partial charge on any atom is 0.324 e. The van der Waals surface area contributed by atoms with Gasteiger partial charge in [0.2, 0.25) is 0 Å². The van der Waals surface area contributed by atoms with Gasteiger partial charge >= 0.3 is 5.00 Å². The quantitative estimate of drug-likeness (QED) is 0.671. The van der Waals surface area contributed by atoms with Gasteiger partial charge in [0, 0.05) is 15.8 Å². The third-order valence-corrected chi connectivity index (χ3v) is 3.73. The largest absolute Gasteiger partial charge is 0.391 e. The van der Waals surface area contributed by atoms with Crippen LogP contribution in [0.1, 0.15) is 9.75 Å². The maximum absolute atomic E-state index is 10.5. The number of hydrogen-bond acceptors (Lipinski definition) is 5. The summed E-state index contributed by atoms with van der Waals surface area (Å²) in [5, 5.41) is 11.4. The van der Waals surface area contributed by atoms with Gasteiger partial charge in [-0.15, -0.1) is 11.3 Å². The Kier molecular flexibility index (Phi) is 3.02. The summed E-state index contributed by atoms with van der Waals surface area (Å²) in [4.78, 5) is 12.0. The first-order chi connectivity index (χ1) is 7.65. The zero-order valence-corrected chi connectivity index (χ0v) is 9.75. The van der Waals surface area contributed by atoms with Crippen molar-refractivity contribution in [1.29, 1.82) is 0 Å². The number of nitrogen functional groups attached to an aromatic ring is 1. The average Bonchev–Trinajstić information content (AvgIpc) is 2.83. The van der Waals surface area contributed by atoms with Crippen molar-refractivity contribution in [3.05, 3.63) is 44.1 Å². The van der Waals surface area contributed by atoms with E-state index in [1.165, 1.54) is 17.4 Å². The Balaban J connectivity index is 2.14. The van der Waals surface area contributed by atoms with Crippen LogP contribution in [-0.4, -0.2) is 4.92 Å². The summed E-state index contributed by atoms with van der Waals surface area (Å²) in [7, 11) is 0. The lowest BCUT2D eigenvalue weighted by Gasteiger charge is -1.83. The van der Waals surface area contributed by atoms with Crippen LogP contribution >= 0.6 is 22.7 Å². The van der Waals surface area contributed by atoms with Gasteiger partial charge in [0.15, 0.2) is 0 Å². The predicted octanol–water partition coefficient (Wildman–Crippen LogP) is 3.47. The maximum atomic E-state index is 10.5. The molecule has 6 heteroatoms. The molecule has 0 saturated heterocycles. The lowest BCUT2D eigenvalue weighted by atomic mass is 10.3. The highest BCUT2D eigenvalue weighted by atomic mass is 32.1. The van der Waals surface area contributed by atoms with Gasteiger partial charge in [0.25, 0.3) is 0 Å². The molecule has 0 aliphatic rings. The fraction of sp³-hybridized carbons (Fsp3) is 0. The Morgan fingerprint density at radius 1 is 1.12 bits per heavy atom. The summed E-state index contributed by atoms with van der Waals surface area (Å²) in [6, 6.07) is 6.99. The minimum absolute atomic E-state index is 0.158. The minimum atomic E-state index is -0.384. The number of nitro groups is 1. The standard InChI is InChI=1S/C10H8N2O2S2/c11-9-5-3-7(15-9)1-2-8-4-6-10(16-8)12(13)14/h1-6H,11H2/b2-1+. The molecule has 16 heavy (non-hydrogen) atoms. The Morgan fingerprint density at radius 2 is 1.75 bits per heavy atom. The van der Waals surface area contributed by atoms with Crippen LogP contribution in [0.2, 0.25) is 0 Å². The molecule has 0 amide bonds. The molecule has 0 fully saturated rings. The number of nitrogens with two attached hydrogens (primary N) is 1. The monoisotopic (exact) mass is 252 g/mol. The second kappa shape index (κ2) is 4.46. The van der Waals surface area contributed by atoms with Gasteiger partial charge in [0.1, 0.15) is 0 Å². The number of anilines is 1. The van der Waals surface area contributed by atoms with E-state index >= 15 is 0 Å². The molecule has 0 bridgehead atoms. The van der Waals surface area contributed by atoms with E-state index in [1.807, 2.05) is 24.3 Å². The van der Waals surface area contributed by atoms with Gasteiger partial charge < -0.3 is 5.73 Å². The predicted molar refractivity (Wildman–Crippen MR) is 68.6 cm³/mol. The number of nitrogens with zero attached hydrogens (tertiary/aromatic N) is 1. The summed E-state index contributed by atoms with van der Waals surface area (Å²) in [5.41, 5.74) is 5.59. The van der Waals surface area contributed by atoms with Gasteiger partial charge in [-0.3, -0.25) is 10.1 Å². The van der Waals surface area contributed by atoms with Crippen LogP contribution in [0.4, 0.5) is 10.0 Å². The van der Waals surface area contributed by atoms with Crippen molar-refractivity contribution >= 4 is 44.8 Å². The van der Waals surface area contributed by atoms with Crippen LogP contribution in [0.5, 0.6) is 0 Å². The fourth-order valence-electron chi connectivity index (χ4n) is 1.15. The summed E-state index contributed by atoms with van der Waals surface area (Å²) >= 11 is 2.64. The van der Waals surface area contributed by atoms with E-state index in [2.05, 4.69) is 0 Å². The molecule has 2 N–H and O–H groups in total. The highest BCUT2D eigenvalue weighted by molar-refractivity contribution is 7.17. The Hall–Kier alpha value is -1.66. The van der Waals surface area contributed by atoms with Crippen molar-refractivity contribution in [2.45, 2.75) is 0 Å². The van der Waals surface area contributed by atoms with Gasteiger partial charge in [0.05, 0.1) is 9.92 Å². The van der Waals surface area contributed by atoms with E-state index in [9.17, 15) is 10.1 Å². The van der Waals surface area contributed by atoms with Gasteiger partial charge in [-0.2, -0.15) is 0 Å². The number of thiophene rings is 2. The van der Waals surface area contributed by atoms with E-state index in [0.29, 0.717) is 0 Å². The molecule has 2 aromatic heterocycles. The van der Waals surface area contributed by atoms with Crippen molar-refractivity contribution < 1.29 is 4.92 Å². The summed E-state index contributed by atoms with van der Waals surface area (Å²) in [5.74, 6) is 0. The Morgan fingerprint density at radius 3 is 2.25 bits per heavy atom. The molecule has 2 heterocycles.